The molecule has 2 N–H and O–H groups in total. The number of hydrogen-bond acceptors (Lipinski definition) is 2. The number of carbonyl (C=O) groups is 1. The van der Waals surface area contributed by atoms with E-state index < -0.39 is 0 Å². The molecule has 0 aromatic heterocycles. The number of amides is 1. The van der Waals surface area contributed by atoms with Crippen LogP contribution in [0.5, 0.6) is 0 Å². The van der Waals surface area contributed by atoms with Gasteiger partial charge in [-0.15, -0.1) is 0 Å². The molecule has 2 fully saturated rings. The monoisotopic (exact) mass is 154 g/mol. The molecule has 3 nitrogen and oxygen atoms in total. The summed E-state index contributed by atoms with van der Waals surface area (Å²) in [6.45, 7) is 0.863. The first-order valence-electron chi connectivity index (χ1n) is 4.40. The minimum atomic E-state index is 0.108. The molecule has 0 radical (unpaired) electrons. The minimum absolute atomic E-state index is 0.108. The Hall–Kier alpha value is -0.570. The number of carbonyl (C=O) groups excluding carboxylic acids is 1. The average molecular weight is 154 g/mol. The summed E-state index contributed by atoms with van der Waals surface area (Å²) in [4.78, 5) is 11.2. The molecule has 1 unspecified atom stereocenters. The van der Waals surface area contributed by atoms with Crippen LogP contribution in [0.1, 0.15) is 25.7 Å². The smallest absolute Gasteiger partial charge is 0.237 e. The predicted molar refractivity (Wildman–Crippen MR) is 42.2 cm³/mol. The van der Waals surface area contributed by atoms with Crippen molar-refractivity contribution in [1.29, 1.82) is 0 Å². The van der Waals surface area contributed by atoms with E-state index in [1.165, 1.54) is 12.8 Å². The molecule has 3 heteroatoms. The standard InChI is InChI=1S/C8H14N2O/c11-8-7(2-1-5-9-8)10-6-3-4-6/h6-7,10H,1-5H2,(H,9,11). The molecule has 2 aliphatic rings. The molecular weight excluding hydrogens is 140 g/mol. The Morgan fingerprint density at radius 3 is 2.82 bits per heavy atom. The van der Waals surface area contributed by atoms with Crippen molar-refractivity contribution in [2.24, 2.45) is 0 Å². The maximum absolute atomic E-state index is 11.2. The van der Waals surface area contributed by atoms with Crippen molar-refractivity contribution >= 4 is 5.91 Å². The molecule has 1 saturated heterocycles. The maximum atomic E-state index is 11.2. The van der Waals surface area contributed by atoms with Crippen molar-refractivity contribution in [3.63, 3.8) is 0 Å². The van der Waals surface area contributed by atoms with Gasteiger partial charge in [0.1, 0.15) is 0 Å². The largest absolute Gasteiger partial charge is 0.355 e. The zero-order chi connectivity index (χ0) is 7.68. The van der Waals surface area contributed by atoms with Crippen molar-refractivity contribution < 1.29 is 4.79 Å². The van der Waals surface area contributed by atoms with Crippen LogP contribution < -0.4 is 10.6 Å². The second-order valence-electron chi connectivity index (χ2n) is 3.43. The Morgan fingerprint density at radius 1 is 1.36 bits per heavy atom. The molecule has 0 spiro atoms. The molecular formula is C8H14N2O. The molecule has 62 valence electrons. The molecule has 0 aromatic rings. The fraction of sp³-hybridized carbons (Fsp3) is 0.875. The van der Waals surface area contributed by atoms with Gasteiger partial charge in [0.15, 0.2) is 0 Å². The lowest BCUT2D eigenvalue weighted by Gasteiger charge is -2.22. The van der Waals surface area contributed by atoms with Crippen LogP contribution in [0.3, 0.4) is 0 Å². The highest BCUT2D eigenvalue weighted by molar-refractivity contribution is 5.82. The lowest BCUT2D eigenvalue weighted by Crippen LogP contribution is -2.48. The summed E-state index contributed by atoms with van der Waals surface area (Å²) in [7, 11) is 0. The average Bonchev–Trinajstić information content (AvgIpc) is 2.78. The first kappa shape index (κ1) is 7.10. The van der Waals surface area contributed by atoms with Crippen LogP contribution in [0.2, 0.25) is 0 Å². The molecule has 1 amide bonds. The molecule has 1 heterocycles. The SMILES string of the molecule is O=C1NCCCC1NC1CC1. The summed E-state index contributed by atoms with van der Waals surface area (Å²) in [6.07, 6.45) is 4.64. The predicted octanol–water partition coefficient (Wildman–Crippen LogP) is 0.0170. The topological polar surface area (TPSA) is 41.1 Å². The van der Waals surface area contributed by atoms with Crippen molar-refractivity contribution in [1.82, 2.24) is 10.6 Å². The zero-order valence-corrected chi connectivity index (χ0v) is 6.60. The highest BCUT2D eigenvalue weighted by Gasteiger charge is 2.29. The normalized spacial score (nSPS) is 31.6. The molecule has 0 bridgehead atoms. The third kappa shape index (κ3) is 1.71. The Labute approximate surface area is 66.5 Å². The first-order chi connectivity index (χ1) is 5.36. The molecule has 1 atom stereocenters. The molecule has 11 heavy (non-hydrogen) atoms. The lowest BCUT2D eigenvalue weighted by atomic mass is 10.1. The van der Waals surface area contributed by atoms with E-state index in [1.54, 1.807) is 0 Å². The van der Waals surface area contributed by atoms with Crippen LogP contribution >= 0.6 is 0 Å². The van der Waals surface area contributed by atoms with E-state index in [4.69, 9.17) is 0 Å². The van der Waals surface area contributed by atoms with Crippen LogP contribution in [0.25, 0.3) is 0 Å². The van der Waals surface area contributed by atoms with E-state index >= 15 is 0 Å². The van der Waals surface area contributed by atoms with E-state index in [0.717, 1.165) is 19.4 Å². The number of rotatable bonds is 2. The summed E-state index contributed by atoms with van der Waals surface area (Å²) < 4.78 is 0. The van der Waals surface area contributed by atoms with Crippen molar-refractivity contribution in [2.45, 2.75) is 37.8 Å². The first-order valence-corrected chi connectivity index (χ1v) is 4.40. The van der Waals surface area contributed by atoms with E-state index in [1.807, 2.05) is 0 Å². The minimum Gasteiger partial charge on any atom is -0.355 e. The van der Waals surface area contributed by atoms with Crippen LogP contribution in [0.15, 0.2) is 0 Å². The van der Waals surface area contributed by atoms with E-state index in [0.29, 0.717) is 6.04 Å². The highest BCUT2D eigenvalue weighted by Crippen LogP contribution is 2.20. The van der Waals surface area contributed by atoms with E-state index in [-0.39, 0.29) is 11.9 Å². The Balaban J connectivity index is 1.83. The van der Waals surface area contributed by atoms with Gasteiger partial charge < -0.3 is 10.6 Å². The van der Waals surface area contributed by atoms with Gasteiger partial charge in [0, 0.05) is 12.6 Å². The summed E-state index contributed by atoms with van der Waals surface area (Å²) in [5.74, 6) is 0.197. The maximum Gasteiger partial charge on any atom is 0.237 e. The number of hydrogen-bond donors (Lipinski definition) is 2. The summed E-state index contributed by atoms with van der Waals surface area (Å²) in [5.41, 5.74) is 0. The van der Waals surface area contributed by atoms with E-state index in [2.05, 4.69) is 10.6 Å². The molecule has 1 aliphatic heterocycles. The van der Waals surface area contributed by atoms with Gasteiger partial charge in [0.05, 0.1) is 6.04 Å². The molecule has 2 rings (SSSR count). The van der Waals surface area contributed by atoms with Crippen LogP contribution in [0.4, 0.5) is 0 Å². The highest BCUT2D eigenvalue weighted by atomic mass is 16.2. The number of piperidine rings is 1. The molecule has 1 aliphatic carbocycles. The van der Waals surface area contributed by atoms with Crippen molar-refractivity contribution in [3.8, 4) is 0 Å². The van der Waals surface area contributed by atoms with Gasteiger partial charge in [-0.25, -0.2) is 0 Å². The van der Waals surface area contributed by atoms with Crippen molar-refractivity contribution in [3.05, 3.63) is 0 Å². The van der Waals surface area contributed by atoms with Crippen molar-refractivity contribution in [2.75, 3.05) is 6.54 Å². The summed E-state index contributed by atoms with van der Waals surface area (Å²) >= 11 is 0. The Kier molecular flexibility index (Phi) is 1.82. The quantitative estimate of drug-likeness (QED) is 0.588. The molecule has 0 aromatic carbocycles. The third-order valence-electron chi connectivity index (χ3n) is 2.30. The summed E-state index contributed by atoms with van der Waals surface area (Å²) in [5, 5.41) is 6.19. The van der Waals surface area contributed by atoms with Gasteiger partial charge >= 0.3 is 0 Å². The van der Waals surface area contributed by atoms with Crippen LogP contribution in [0, 0.1) is 0 Å². The van der Waals surface area contributed by atoms with Gasteiger partial charge in [0.25, 0.3) is 0 Å². The Bertz CT molecular complexity index is 165. The number of nitrogens with one attached hydrogen (secondary N) is 2. The van der Waals surface area contributed by atoms with Gasteiger partial charge in [-0.2, -0.15) is 0 Å². The zero-order valence-electron chi connectivity index (χ0n) is 6.60. The lowest BCUT2D eigenvalue weighted by molar-refractivity contribution is -0.124. The fourth-order valence-electron chi connectivity index (χ4n) is 1.47. The van der Waals surface area contributed by atoms with Gasteiger partial charge in [-0.3, -0.25) is 4.79 Å². The van der Waals surface area contributed by atoms with Gasteiger partial charge in [-0.1, -0.05) is 0 Å². The third-order valence-corrected chi connectivity index (χ3v) is 2.30. The van der Waals surface area contributed by atoms with Gasteiger partial charge in [-0.05, 0) is 25.7 Å². The fourth-order valence-corrected chi connectivity index (χ4v) is 1.47. The second kappa shape index (κ2) is 2.81. The van der Waals surface area contributed by atoms with Gasteiger partial charge in [0.2, 0.25) is 5.91 Å². The Morgan fingerprint density at radius 2 is 2.18 bits per heavy atom. The van der Waals surface area contributed by atoms with E-state index in [9.17, 15) is 4.79 Å². The molecule has 1 saturated carbocycles. The summed E-state index contributed by atoms with van der Waals surface area (Å²) in [6, 6.07) is 0.750. The second-order valence-corrected chi connectivity index (χ2v) is 3.43. The van der Waals surface area contributed by atoms with Crippen LogP contribution in [-0.4, -0.2) is 24.5 Å². The van der Waals surface area contributed by atoms with Crippen LogP contribution in [-0.2, 0) is 4.79 Å².